The van der Waals surface area contributed by atoms with Gasteiger partial charge in [-0.05, 0) is 38.7 Å². The van der Waals surface area contributed by atoms with Gasteiger partial charge in [0.15, 0.2) is 22.8 Å². The van der Waals surface area contributed by atoms with Crippen molar-refractivity contribution < 1.29 is 17.9 Å². The summed E-state index contributed by atoms with van der Waals surface area (Å²) in [4.78, 5) is 20.3. The van der Waals surface area contributed by atoms with Gasteiger partial charge in [-0.1, -0.05) is 0 Å². The summed E-state index contributed by atoms with van der Waals surface area (Å²) >= 11 is 0. The van der Waals surface area contributed by atoms with E-state index in [9.17, 15) is 13.2 Å². The summed E-state index contributed by atoms with van der Waals surface area (Å²) in [5.74, 6) is 2.33. The standard InChI is InChI=1S/C21H21F3N6O/c1-20(2)19-26-15-17(29(19)3-4-31-20)27-16(12-7-13(9-25-8-12)21(22,23)24)28-18(15)30-10-11-5-14(30)6-11/h7-9,11,14H,3-6,10H2,1-2H3. The van der Waals surface area contributed by atoms with Crippen LogP contribution in [0.1, 0.15) is 38.1 Å². The molecule has 4 aliphatic rings. The van der Waals surface area contributed by atoms with E-state index in [-0.39, 0.29) is 11.4 Å². The molecule has 3 aliphatic heterocycles. The van der Waals surface area contributed by atoms with E-state index in [1.165, 1.54) is 6.20 Å². The first-order chi connectivity index (χ1) is 14.7. The maximum Gasteiger partial charge on any atom is 0.417 e. The predicted molar refractivity (Wildman–Crippen MR) is 106 cm³/mol. The number of pyridine rings is 1. The Bertz CT molecular complexity index is 1200. The predicted octanol–water partition coefficient (Wildman–Crippen LogP) is 3.77. The zero-order valence-electron chi connectivity index (χ0n) is 17.1. The summed E-state index contributed by atoms with van der Waals surface area (Å²) in [6.07, 6.45) is -0.0467. The molecule has 0 N–H and O–H groups in total. The fourth-order valence-electron chi connectivity index (χ4n) is 4.95. The molecular weight excluding hydrogens is 409 g/mol. The third-order valence-corrected chi connectivity index (χ3v) is 6.59. The van der Waals surface area contributed by atoms with Crippen LogP contribution in [0.25, 0.3) is 22.6 Å². The molecule has 3 fully saturated rings. The molecule has 7 nitrogen and oxygen atoms in total. The second-order valence-corrected chi connectivity index (χ2v) is 9.09. The molecule has 0 spiro atoms. The SMILES string of the molecule is CC1(C)OCCn2c1nc1c(N3CC4CC3C4)nc(-c3cncc(C(F)(F)F)c3)nc12. The molecule has 6 heterocycles. The fraction of sp³-hybridized carbons (Fsp3) is 0.524. The largest absolute Gasteiger partial charge is 0.417 e. The van der Waals surface area contributed by atoms with Crippen molar-refractivity contribution in [2.24, 2.45) is 5.92 Å². The highest BCUT2D eigenvalue weighted by atomic mass is 19.4. The summed E-state index contributed by atoms with van der Waals surface area (Å²) in [5, 5.41) is 0. The number of nitrogens with zero attached hydrogens (tertiary/aromatic N) is 6. The van der Waals surface area contributed by atoms with Gasteiger partial charge in [0.1, 0.15) is 11.4 Å². The maximum atomic E-state index is 13.3. The third-order valence-electron chi connectivity index (χ3n) is 6.59. The minimum atomic E-state index is -4.48. The second kappa shape index (κ2) is 6.15. The van der Waals surface area contributed by atoms with Crippen LogP contribution in [-0.4, -0.2) is 43.7 Å². The molecule has 7 rings (SSSR count). The van der Waals surface area contributed by atoms with Crippen LogP contribution in [0.2, 0.25) is 0 Å². The summed E-state index contributed by atoms with van der Waals surface area (Å²) in [6.45, 7) is 5.90. The molecule has 1 aliphatic carbocycles. The number of aromatic nitrogens is 5. The Morgan fingerprint density at radius 2 is 1.94 bits per heavy atom. The Labute approximate surface area is 176 Å². The lowest BCUT2D eigenvalue weighted by molar-refractivity contribution is -0.137. The number of alkyl halides is 3. The van der Waals surface area contributed by atoms with Gasteiger partial charge in [-0.25, -0.2) is 15.0 Å². The van der Waals surface area contributed by atoms with E-state index in [0.717, 1.165) is 37.5 Å². The van der Waals surface area contributed by atoms with Crippen molar-refractivity contribution >= 4 is 17.0 Å². The van der Waals surface area contributed by atoms with Gasteiger partial charge < -0.3 is 14.2 Å². The number of hydrogen-bond donors (Lipinski definition) is 0. The Kier molecular flexibility index (Phi) is 3.77. The van der Waals surface area contributed by atoms with Gasteiger partial charge in [0.2, 0.25) is 0 Å². The lowest BCUT2D eigenvalue weighted by atomic mass is 9.86. The molecule has 1 saturated carbocycles. The first-order valence-electron chi connectivity index (χ1n) is 10.4. The number of halogens is 3. The third kappa shape index (κ3) is 2.84. The Morgan fingerprint density at radius 1 is 1.13 bits per heavy atom. The van der Waals surface area contributed by atoms with E-state index in [1.54, 1.807) is 0 Å². The van der Waals surface area contributed by atoms with E-state index in [4.69, 9.17) is 14.7 Å². The maximum absolute atomic E-state index is 13.3. The van der Waals surface area contributed by atoms with Crippen LogP contribution in [0.15, 0.2) is 18.5 Å². The summed E-state index contributed by atoms with van der Waals surface area (Å²) < 4.78 is 47.7. The van der Waals surface area contributed by atoms with Crippen LogP contribution in [0, 0.1) is 5.92 Å². The summed E-state index contributed by atoms with van der Waals surface area (Å²) in [6, 6.07) is 1.46. The highest BCUT2D eigenvalue weighted by Crippen LogP contribution is 2.45. The first kappa shape index (κ1) is 19.0. The monoisotopic (exact) mass is 430 g/mol. The van der Waals surface area contributed by atoms with Crippen LogP contribution in [0.4, 0.5) is 19.0 Å². The Hall–Kier alpha value is -2.75. The van der Waals surface area contributed by atoms with E-state index in [0.29, 0.717) is 42.1 Å². The van der Waals surface area contributed by atoms with Crippen molar-refractivity contribution in [2.75, 3.05) is 18.1 Å². The van der Waals surface area contributed by atoms with Gasteiger partial charge in [0.25, 0.3) is 0 Å². The summed E-state index contributed by atoms with van der Waals surface area (Å²) in [5.41, 5.74) is 0.161. The van der Waals surface area contributed by atoms with E-state index in [1.807, 2.05) is 18.4 Å². The highest BCUT2D eigenvalue weighted by molar-refractivity contribution is 5.87. The first-order valence-corrected chi connectivity index (χ1v) is 10.4. The molecule has 0 amide bonds. The number of hydrogen-bond acceptors (Lipinski definition) is 6. The van der Waals surface area contributed by atoms with Gasteiger partial charge in [0, 0.05) is 37.1 Å². The van der Waals surface area contributed by atoms with E-state index < -0.39 is 17.3 Å². The van der Waals surface area contributed by atoms with Crippen molar-refractivity contribution in [3.05, 3.63) is 29.8 Å². The number of anilines is 1. The molecule has 0 unspecified atom stereocenters. The molecule has 31 heavy (non-hydrogen) atoms. The highest BCUT2D eigenvalue weighted by Gasteiger charge is 2.45. The molecule has 0 radical (unpaired) electrons. The average Bonchev–Trinajstić information content (AvgIpc) is 3.39. The van der Waals surface area contributed by atoms with Crippen LogP contribution < -0.4 is 4.90 Å². The topological polar surface area (TPSA) is 69.0 Å². The Balaban J connectivity index is 1.58. The minimum absolute atomic E-state index is 0.234. The molecule has 0 aromatic carbocycles. The number of rotatable bonds is 2. The van der Waals surface area contributed by atoms with Crippen LogP contribution >= 0.6 is 0 Å². The smallest absolute Gasteiger partial charge is 0.366 e. The minimum Gasteiger partial charge on any atom is -0.366 e. The molecular formula is C21H21F3N6O. The molecule has 10 heteroatoms. The molecule has 3 aromatic rings. The number of imidazole rings is 1. The molecule has 0 atom stereocenters. The second-order valence-electron chi connectivity index (χ2n) is 9.09. The zero-order chi connectivity index (χ0) is 21.5. The van der Waals surface area contributed by atoms with Crippen molar-refractivity contribution in [1.29, 1.82) is 0 Å². The van der Waals surface area contributed by atoms with Crippen LogP contribution in [0.5, 0.6) is 0 Å². The molecule has 2 bridgehead atoms. The Morgan fingerprint density at radius 3 is 2.65 bits per heavy atom. The van der Waals surface area contributed by atoms with E-state index in [2.05, 4.69) is 14.9 Å². The van der Waals surface area contributed by atoms with Gasteiger partial charge >= 0.3 is 6.18 Å². The van der Waals surface area contributed by atoms with Gasteiger partial charge in [0.05, 0.1) is 12.2 Å². The van der Waals surface area contributed by atoms with Crippen molar-refractivity contribution in [2.45, 2.75) is 51.1 Å². The number of fused-ring (bicyclic) bond motifs is 4. The lowest BCUT2D eigenvalue weighted by Crippen LogP contribution is -2.33. The van der Waals surface area contributed by atoms with E-state index >= 15 is 0 Å². The normalized spacial score (nSPS) is 24.4. The van der Waals surface area contributed by atoms with Crippen molar-refractivity contribution in [3.63, 3.8) is 0 Å². The summed E-state index contributed by atoms with van der Waals surface area (Å²) in [7, 11) is 0. The van der Waals surface area contributed by atoms with Crippen molar-refractivity contribution in [1.82, 2.24) is 24.5 Å². The van der Waals surface area contributed by atoms with Crippen LogP contribution in [0.3, 0.4) is 0 Å². The lowest BCUT2D eigenvalue weighted by Gasteiger charge is -2.30. The fourth-order valence-corrected chi connectivity index (χ4v) is 4.95. The quantitative estimate of drug-likeness (QED) is 0.617. The molecule has 2 saturated heterocycles. The number of ether oxygens (including phenoxy) is 1. The van der Waals surface area contributed by atoms with Crippen LogP contribution in [-0.2, 0) is 23.1 Å². The molecule has 3 aromatic heterocycles. The van der Waals surface area contributed by atoms with Gasteiger partial charge in [-0.3, -0.25) is 4.98 Å². The van der Waals surface area contributed by atoms with Gasteiger partial charge in [-0.2, -0.15) is 13.2 Å². The molecule has 162 valence electrons. The zero-order valence-corrected chi connectivity index (χ0v) is 17.1. The average molecular weight is 430 g/mol. The van der Waals surface area contributed by atoms with Crippen molar-refractivity contribution in [3.8, 4) is 11.4 Å². The van der Waals surface area contributed by atoms with Gasteiger partial charge in [-0.15, -0.1) is 0 Å².